The molecule has 0 aliphatic heterocycles. The van der Waals surface area contributed by atoms with E-state index in [0.717, 1.165) is 102 Å². The zero-order chi connectivity index (χ0) is 31.9. The molecule has 0 radical (unpaired) electrons. The van der Waals surface area contributed by atoms with E-state index in [1.54, 1.807) is 0 Å². The minimum absolute atomic E-state index is 0.0520. The Labute approximate surface area is 272 Å². The van der Waals surface area contributed by atoms with E-state index in [0.29, 0.717) is 35.9 Å². The summed E-state index contributed by atoms with van der Waals surface area (Å²) in [5.74, 6) is 2.63. The van der Waals surface area contributed by atoms with Crippen molar-refractivity contribution in [3.05, 3.63) is 11.6 Å². The fraction of sp³-hybridized carbons (Fsp3) is 0.838. The molecule has 0 aromatic rings. The quantitative estimate of drug-likeness (QED) is 0.161. The molecule has 0 aromatic carbocycles. The molecule has 5 aliphatic carbocycles. The smallest absolute Gasteiger partial charge is 0.324 e. The third kappa shape index (κ3) is 5.98. The fourth-order valence-corrected chi connectivity index (χ4v) is 11.5. The first-order valence-corrected chi connectivity index (χ1v) is 18.5. The Balaban J connectivity index is 1.32. The third-order valence-corrected chi connectivity index (χ3v) is 14.1. The number of rotatable bonds is 8. The third-order valence-electron chi connectivity index (χ3n) is 13.7. The summed E-state index contributed by atoms with van der Waals surface area (Å²) in [6.07, 6.45) is 17.4. The normalized spacial score (nSPS) is 39.2. The molecule has 2 unspecified atom stereocenters. The molecule has 0 aromatic heterocycles. The highest BCUT2D eigenvalue weighted by atomic mass is 32.1. The summed E-state index contributed by atoms with van der Waals surface area (Å²) in [5, 5.41) is 4.84. The highest BCUT2D eigenvalue weighted by molar-refractivity contribution is 7.80. The van der Waals surface area contributed by atoms with Crippen molar-refractivity contribution < 1.29 is 9.59 Å². The Hall–Kier alpha value is -1.60. The van der Waals surface area contributed by atoms with Crippen LogP contribution in [0, 0.1) is 40.4 Å². The van der Waals surface area contributed by atoms with Gasteiger partial charge in [0, 0.05) is 36.2 Å². The Bertz CT molecular complexity index is 1180. The van der Waals surface area contributed by atoms with Crippen molar-refractivity contribution in [3.63, 3.8) is 0 Å². The van der Waals surface area contributed by atoms with E-state index in [-0.39, 0.29) is 34.4 Å². The number of fused-ring (bicyclic) bond motifs is 5. The van der Waals surface area contributed by atoms with Gasteiger partial charge >= 0.3 is 6.03 Å². The molecule has 4 fully saturated rings. The van der Waals surface area contributed by atoms with E-state index in [2.05, 4.69) is 51.9 Å². The number of amides is 2. The van der Waals surface area contributed by atoms with Crippen LogP contribution < -0.4 is 11.2 Å². The standard InChI is InChI=1S/C37H60N4O2S/c1-7-25-19-26(21-30(44)20-25)23-41(28(8-2)9-3)34(43)40-39-24(4)31-15-18-37(38)33-12-10-11-27-22-29(42)13-16-35(27,5)32(33)14-17-36(31,37)6/h22,25-26,28,31-33H,7-21,23,38H2,1-6H3,(H,40,43)/b39-24+/t25?,26?,31-,32+,33+,35+,36-,37-/m1/s1. The van der Waals surface area contributed by atoms with Crippen LogP contribution >= 0.6 is 12.2 Å². The number of nitrogens with zero attached hydrogens (tertiary/aromatic N) is 2. The van der Waals surface area contributed by atoms with Crippen LogP contribution in [0.15, 0.2) is 16.8 Å². The fourth-order valence-electron chi connectivity index (χ4n) is 11.0. The number of urea groups is 1. The SMILES string of the molecule is CCC1CC(=S)CC(CN(C(=O)N/N=C(\C)[C@H]2CC[C@@]3(N)[C@H]4CCCC5=CC(=O)CC[C@]5(C)[C@H]4CC[C@]23C)C(CC)CC)C1. The van der Waals surface area contributed by atoms with Crippen LogP contribution in [-0.2, 0) is 4.79 Å². The molecule has 44 heavy (non-hydrogen) atoms. The first-order valence-electron chi connectivity index (χ1n) is 18.0. The number of ketones is 1. The van der Waals surface area contributed by atoms with Gasteiger partial charge in [-0.25, -0.2) is 10.2 Å². The molecule has 6 nitrogen and oxygen atoms in total. The number of allylic oxidation sites excluding steroid dienone is 2. The lowest BCUT2D eigenvalue weighted by atomic mass is 9.48. The van der Waals surface area contributed by atoms with Gasteiger partial charge in [0.2, 0.25) is 0 Å². The second kappa shape index (κ2) is 13.3. The molecule has 0 saturated heterocycles. The maximum Gasteiger partial charge on any atom is 0.338 e. The average Bonchev–Trinajstić information content (AvgIpc) is 3.18. The van der Waals surface area contributed by atoms with Crippen LogP contribution in [0.1, 0.15) is 138 Å². The molecule has 246 valence electrons. The van der Waals surface area contributed by atoms with Crippen molar-refractivity contribution in [1.82, 2.24) is 10.3 Å². The highest BCUT2D eigenvalue weighted by Gasteiger charge is 2.65. The van der Waals surface area contributed by atoms with Crippen LogP contribution in [-0.4, -0.2) is 45.4 Å². The van der Waals surface area contributed by atoms with Crippen molar-refractivity contribution in [1.29, 1.82) is 0 Å². The van der Waals surface area contributed by atoms with Crippen LogP contribution in [0.5, 0.6) is 0 Å². The van der Waals surface area contributed by atoms with Crippen LogP contribution in [0.2, 0.25) is 0 Å². The molecular formula is C37H60N4O2S. The lowest BCUT2D eigenvalue weighted by molar-refractivity contribution is -0.116. The molecule has 3 N–H and O–H groups in total. The van der Waals surface area contributed by atoms with E-state index in [4.69, 9.17) is 23.1 Å². The number of nitrogens with two attached hydrogens (primary N) is 1. The first-order chi connectivity index (χ1) is 20.9. The second-order valence-electron chi connectivity index (χ2n) is 15.9. The Morgan fingerprint density at radius 3 is 2.50 bits per heavy atom. The number of hydrogen-bond acceptors (Lipinski definition) is 5. The predicted molar refractivity (Wildman–Crippen MR) is 185 cm³/mol. The molecule has 5 aliphatic rings. The summed E-state index contributed by atoms with van der Waals surface area (Å²) in [6, 6.07) is 0.124. The number of hydrogen-bond donors (Lipinski definition) is 2. The van der Waals surface area contributed by atoms with Crippen LogP contribution in [0.3, 0.4) is 0 Å². The summed E-state index contributed by atoms with van der Waals surface area (Å²) in [6.45, 7) is 14.3. The van der Waals surface area contributed by atoms with Gasteiger partial charge in [-0.1, -0.05) is 58.8 Å². The van der Waals surface area contributed by atoms with E-state index < -0.39 is 0 Å². The lowest BCUT2D eigenvalue weighted by Crippen LogP contribution is -2.64. The van der Waals surface area contributed by atoms with Gasteiger partial charge in [-0.05, 0) is 136 Å². The molecule has 0 spiro atoms. The first kappa shape index (κ1) is 33.8. The second-order valence-corrected chi connectivity index (χ2v) is 16.4. The molecule has 5 rings (SSSR count). The highest BCUT2D eigenvalue weighted by Crippen LogP contribution is 2.66. The predicted octanol–water partition coefficient (Wildman–Crippen LogP) is 8.38. The minimum Gasteiger partial charge on any atom is -0.324 e. The van der Waals surface area contributed by atoms with Gasteiger partial charge in [-0.2, -0.15) is 5.10 Å². The van der Waals surface area contributed by atoms with Gasteiger partial charge < -0.3 is 10.6 Å². The van der Waals surface area contributed by atoms with Gasteiger partial charge in [0.15, 0.2) is 5.78 Å². The Morgan fingerprint density at radius 1 is 1.07 bits per heavy atom. The summed E-state index contributed by atoms with van der Waals surface area (Å²) in [7, 11) is 0. The van der Waals surface area contributed by atoms with E-state index in [1.807, 2.05) is 6.08 Å². The molecule has 8 atom stereocenters. The van der Waals surface area contributed by atoms with Crippen molar-refractivity contribution in [3.8, 4) is 0 Å². The topological polar surface area (TPSA) is 87.8 Å². The van der Waals surface area contributed by atoms with Gasteiger partial charge in [-0.3, -0.25) is 4.79 Å². The van der Waals surface area contributed by atoms with Gasteiger partial charge in [0.1, 0.15) is 0 Å². The van der Waals surface area contributed by atoms with Crippen molar-refractivity contribution in [2.24, 2.45) is 51.3 Å². The van der Waals surface area contributed by atoms with Crippen molar-refractivity contribution in [2.45, 2.75) is 149 Å². The Kier molecular flexibility index (Phi) is 10.2. The van der Waals surface area contributed by atoms with Gasteiger partial charge in [0.05, 0.1) is 0 Å². The molecule has 7 heteroatoms. The number of hydrazone groups is 1. The van der Waals surface area contributed by atoms with Gasteiger partial charge in [-0.15, -0.1) is 0 Å². The molecule has 4 saturated carbocycles. The lowest BCUT2D eigenvalue weighted by Gasteiger charge is -2.59. The number of carbonyl (C=O) groups is 2. The van der Waals surface area contributed by atoms with Crippen molar-refractivity contribution >= 4 is 34.6 Å². The van der Waals surface area contributed by atoms with Crippen LogP contribution in [0.25, 0.3) is 0 Å². The van der Waals surface area contributed by atoms with E-state index in [9.17, 15) is 9.59 Å². The molecule has 0 heterocycles. The molecular weight excluding hydrogens is 565 g/mol. The van der Waals surface area contributed by atoms with Crippen molar-refractivity contribution in [2.75, 3.05) is 6.54 Å². The van der Waals surface area contributed by atoms with Crippen LogP contribution in [0.4, 0.5) is 4.79 Å². The molecule has 2 amide bonds. The summed E-state index contributed by atoms with van der Waals surface area (Å²) in [4.78, 5) is 29.4. The Morgan fingerprint density at radius 2 is 1.80 bits per heavy atom. The summed E-state index contributed by atoms with van der Waals surface area (Å²) >= 11 is 5.69. The zero-order valence-electron chi connectivity index (χ0n) is 28.6. The number of carbonyl (C=O) groups excluding carboxylic acids is 2. The van der Waals surface area contributed by atoms with Gasteiger partial charge in [0.25, 0.3) is 0 Å². The zero-order valence-corrected chi connectivity index (χ0v) is 29.4. The maximum atomic E-state index is 13.8. The monoisotopic (exact) mass is 624 g/mol. The van der Waals surface area contributed by atoms with E-state index >= 15 is 0 Å². The molecule has 0 bridgehead atoms. The number of nitrogens with one attached hydrogen (secondary N) is 1. The maximum absolute atomic E-state index is 13.8. The number of thiocarbonyl (C=S) groups is 1. The summed E-state index contributed by atoms with van der Waals surface area (Å²) < 4.78 is 0. The van der Waals surface area contributed by atoms with E-state index in [1.165, 1.54) is 10.4 Å². The average molecular weight is 625 g/mol. The minimum atomic E-state index is -0.252. The summed E-state index contributed by atoms with van der Waals surface area (Å²) in [5.41, 5.74) is 12.9. The largest absolute Gasteiger partial charge is 0.338 e.